The van der Waals surface area contributed by atoms with Crippen LogP contribution in [0.15, 0.2) is 48.5 Å². The van der Waals surface area contributed by atoms with Gasteiger partial charge in [0.25, 0.3) is 0 Å². The Kier molecular flexibility index (Phi) is 5.98. The Morgan fingerprint density at radius 2 is 1.79 bits per heavy atom. The minimum absolute atomic E-state index is 0.144. The zero-order chi connectivity index (χ0) is 20.2. The predicted octanol–water partition coefficient (Wildman–Crippen LogP) is 5.70. The van der Waals surface area contributed by atoms with Crippen molar-refractivity contribution in [2.45, 2.75) is 64.8 Å². The zero-order valence-electron chi connectivity index (χ0n) is 17.6. The Balaban J connectivity index is 1.63. The molecule has 4 rings (SSSR count). The van der Waals surface area contributed by atoms with Crippen molar-refractivity contribution in [3.8, 4) is 0 Å². The second kappa shape index (κ2) is 8.81. The summed E-state index contributed by atoms with van der Waals surface area (Å²) in [5.74, 6) is 1.43. The summed E-state index contributed by atoms with van der Waals surface area (Å²) in [7, 11) is 0. The van der Waals surface area contributed by atoms with E-state index in [1.807, 2.05) is 17.0 Å². The van der Waals surface area contributed by atoms with E-state index in [4.69, 9.17) is 4.98 Å². The fourth-order valence-electron chi connectivity index (χ4n) is 4.52. The number of imidazole rings is 1. The van der Waals surface area contributed by atoms with Crippen molar-refractivity contribution in [3.05, 3.63) is 59.9 Å². The number of nitrogens with zero attached hydrogens (tertiary/aromatic N) is 3. The summed E-state index contributed by atoms with van der Waals surface area (Å²) in [4.78, 5) is 19.9. The molecule has 3 aromatic rings. The molecule has 29 heavy (non-hydrogen) atoms. The van der Waals surface area contributed by atoms with Crippen molar-refractivity contribution in [2.24, 2.45) is 0 Å². The quantitative estimate of drug-likeness (QED) is 0.464. The SMILES string of the molecule is CCCCCCn1c([C@@H]2CC(=O)N(c3ccccc3CC)C2)nc2ccccc21. The molecular weight excluding hydrogens is 358 g/mol. The van der Waals surface area contributed by atoms with Gasteiger partial charge in [0.2, 0.25) is 5.91 Å². The highest BCUT2D eigenvalue weighted by Crippen LogP contribution is 2.34. The molecule has 2 heterocycles. The minimum Gasteiger partial charge on any atom is -0.328 e. The van der Waals surface area contributed by atoms with Crippen LogP contribution in [0.25, 0.3) is 11.0 Å². The number of carbonyl (C=O) groups is 1. The van der Waals surface area contributed by atoms with Crippen LogP contribution in [0.5, 0.6) is 0 Å². The number of aromatic nitrogens is 2. The van der Waals surface area contributed by atoms with Crippen LogP contribution in [-0.2, 0) is 17.8 Å². The molecule has 0 radical (unpaired) electrons. The Hall–Kier alpha value is -2.62. The van der Waals surface area contributed by atoms with Crippen LogP contribution in [0.2, 0.25) is 0 Å². The average molecular weight is 390 g/mol. The van der Waals surface area contributed by atoms with E-state index < -0.39 is 0 Å². The van der Waals surface area contributed by atoms with E-state index in [0.717, 1.165) is 36.4 Å². The maximum Gasteiger partial charge on any atom is 0.227 e. The van der Waals surface area contributed by atoms with E-state index in [2.05, 4.69) is 54.8 Å². The summed E-state index contributed by atoms with van der Waals surface area (Å²) in [6.07, 6.45) is 6.37. The number of rotatable bonds is 8. The van der Waals surface area contributed by atoms with Crippen LogP contribution < -0.4 is 4.90 Å². The Labute approximate surface area is 173 Å². The van der Waals surface area contributed by atoms with Crippen molar-refractivity contribution in [2.75, 3.05) is 11.4 Å². The minimum atomic E-state index is 0.144. The molecule has 152 valence electrons. The van der Waals surface area contributed by atoms with Crippen molar-refractivity contribution in [3.63, 3.8) is 0 Å². The molecule has 1 aliphatic heterocycles. The standard InChI is InChI=1S/C25H31N3O/c1-3-5-6-11-16-27-23-15-10-8-13-21(23)26-25(27)20-17-24(29)28(18-20)22-14-9-7-12-19(22)4-2/h7-10,12-15,20H,3-6,11,16-18H2,1-2H3/t20-/m1/s1. The molecule has 1 aromatic heterocycles. The summed E-state index contributed by atoms with van der Waals surface area (Å²) in [5, 5.41) is 0. The number of carbonyl (C=O) groups excluding carboxylic acids is 1. The molecular formula is C25H31N3O. The highest BCUT2D eigenvalue weighted by molar-refractivity contribution is 5.97. The second-order valence-electron chi connectivity index (χ2n) is 8.06. The first-order valence-electron chi connectivity index (χ1n) is 11.1. The summed E-state index contributed by atoms with van der Waals surface area (Å²) in [6.45, 7) is 6.08. The number of para-hydroxylation sites is 3. The summed E-state index contributed by atoms with van der Waals surface area (Å²) >= 11 is 0. The average Bonchev–Trinajstić information content (AvgIpc) is 3.31. The normalized spacial score (nSPS) is 16.8. The topological polar surface area (TPSA) is 38.1 Å². The molecule has 1 amide bonds. The lowest BCUT2D eigenvalue weighted by molar-refractivity contribution is -0.117. The lowest BCUT2D eigenvalue weighted by atomic mass is 10.1. The molecule has 0 spiro atoms. The Bertz CT molecular complexity index is 991. The zero-order valence-corrected chi connectivity index (χ0v) is 17.6. The molecule has 1 fully saturated rings. The highest BCUT2D eigenvalue weighted by atomic mass is 16.2. The monoisotopic (exact) mass is 389 g/mol. The van der Waals surface area contributed by atoms with E-state index in [1.54, 1.807) is 0 Å². The first-order valence-corrected chi connectivity index (χ1v) is 11.1. The van der Waals surface area contributed by atoms with Gasteiger partial charge in [0.05, 0.1) is 11.0 Å². The van der Waals surface area contributed by atoms with E-state index in [9.17, 15) is 4.79 Å². The van der Waals surface area contributed by atoms with Gasteiger partial charge < -0.3 is 9.47 Å². The number of unbranched alkanes of at least 4 members (excludes halogenated alkanes) is 3. The van der Waals surface area contributed by atoms with Crippen LogP contribution in [-0.4, -0.2) is 22.0 Å². The van der Waals surface area contributed by atoms with Gasteiger partial charge in [0.1, 0.15) is 5.82 Å². The van der Waals surface area contributed by atoms with Crippen molar-refractivity contribution < 1.29 is 4.79 Å². The third kappa shape index (κ3) is 3.93. The van der Waals surface area contributed by atoms with Gasteiger partial charge >= 0.3 is 0 Å². The number of aryl methyl sites for hydroxylation is 2. The summed E-state index contributed by atoms with van der Waals surface area (Å²) < 4.78 is 2.37. The fourth-order valence-corrected chi connectivity index (χ4v) is 4.52. The molecule has 2 aromatic carbocycles. The fraction of sp³-hybridized carbons (Fsp3) is 0.440. The van der Waals surface area contributed by atoms with Gasteiger partial charge in [-0.15, -0.1) is 0 Å². The van der Waals surface area contributed by atoms with Crippen LogP contribution in [0, 0.1) is 0 Å². The molecule has 4 nitrogen and oxygen atoms in total. The van der Waals surface area contributed by atoms with Gasteiger partial charge in [-0.25, -0.2) is 4.98 Å². The molecule has 1 atom stereocenters. The molecule has 0 unspecified atom stereocenters. The predicted molar refractivity (Wildman–Crippen MR) is 119 cm³/mol. The maximum atomic E-state index is 12.9. The van der Waals surface area contributed by atoms with Gasteiger partial charge in [-0.05, 0) is 36.6 Å². The van der Waals surface area contributed by atoms with Crippen LogP contribution in [0.3, 0.4) is 0 Å². The van der Waals surface area contributed by atoms with Gasteiger partial charge in [0, 0.05) is 31.1 Å². The molecule has 1 saturated heterocycles. The van der Waals surface area contributed by atoms with E-state index in [-0.39, 0.29) is 11.8 Å². The Morgan fingerprint density at radius 3 is 2.62 bits per heavy atom. The second-order valence-corrected chi connectivity index (χ2v) is 8.06. The van der Waals surface area contributed by atoms with Crippen molar-refractivity contribution >= 4 is 22.6 Å². The molecule has 0 bridgehead atoms. The van der Waals surface area contributed by atoms with E-state index >= 15 is 0 Å². The smallest absolute Gasteiger partial charge is 0.227 e. The maximum absolute atomic E-state index is 12.9. The van der Waals surface area contributed by atoms with Crippen molar-refractivity contribution in [1.29, 1.82) is 0 Å². The van der Waals surface area contributed by atoms with Crippen molar-refractivity contribution in [1.82, 2.24) is 9.55 Å². The van der Waals surface area contributed by atoms with Gasteiger partial charge in [-0.1, -0.05) is 63.4 Å². The molecule has 0 N–H and O–H groups in total. The lowest BCUT2D eigenvalue weighted by Crippen LogP contribution is -2.25. The first kappa shape index (κ1) is 19.7. The number of hydrogen-bond acceptors (Lipinski definition) is 2. The largest absolute Gasteiger partial charge is 0.328 e. The number of hydrogen-bond donors (Lipinski definition) is 0. The number of anilines is 1. The molecule has 0 aliphatic carbocycles. The van der Waals surface area contributed by atoms with Crippen LogP contribution >= 0.6 is 0 Å². The first-order chi connectivity index (χ1) is 14.2. The van der Waals surface area contributed by atoms with Gasteiger partial charge in [-0.3, -0.25) is 4.79 Å². The number of benzene rings is 2. The number of fused-ring (bicyclic) bond motifs is 1. The Morgan fingerprint density at radius 1 is 1.00 bits per heavy atom. The summed E-state index contributed by atoms with van der Waals surface area (Å²) in [6, 6.07) is 16.7. The molecule has 0 saturated carbocycles. The summed E-state index contributed by atoms with van der Waals surface area (Å²) in [5.41, 5.74) is 4.53. The third-order valence-electron chi connectivity index (χ3n) is 6.07. The van der Waals surface area contributed by atoms with Gasteiger partial charge in [0.15, 0.2) is 0 Å². The van der Waals surface area contributed by atoms with Crippen LogP contribution in [0.4, 0.5) is 5.69 Å². The van der Waals surface area contributed by atoms with Crippen LogP contribution in [0.1, 0.15) is 63.3 Å². The number of amides is 1. The highest BCUT2D eigenvalue weighted by Gasteiger charge is 2.35. The third-order valence-corrected chi connectivity index (χ3v) is 6.07. The van der Waals surface area contributed by atoms with Gasteiger partial charge in [-0.2, -0.15) is 0 Å². The molecule has 1 aliphatic rings. The van der Waals surface area contributed by atoms with E-state index in [1.165, 1.54) is 30.3 Å². The van der Waals surface area contributed by atoms with E-state index in [0.29, 0.717) is 13.0 Å². The molecule has 4 heteroatoms. The lowest BCUT2D eigenvalue weighted by Gasteiger charge is -2.20.